The molecule has 0 aliphatic carbocycles. The van der Waals surface area contributed by atoms with E-state index in [0.717, 1.165) is 36.4 Å². The highest BCUT2D eigenvalue weighted by Crippen LogP contribution is 2.30. The van der Waals surface area contributed by atoms with Crippen LogP contribution >= 0.6 is 0 Å². The van der Waals surface area contributed by atoms with Gasteiger partial charge in [-0.2, -0.15) is 0 Å². The number of amides is 1. The van der Waals surface area contributed by atoms with E-state index in [2.05, 4.69) is 18.9 Å². The number of ether oxygens (including phenoxy) is 1. The quantitative estimate of drug-likeness (QED) is 0.855. The average molecular weight is 302 g/mol. The van der Waals surface area contributed by atoms with Gasteiger partial charge in [-0.1, -0.05) is 0 Å². The molecule has 118 valence electrons. The molecule has 1 atom stereocenters. The summed E-state index contributed by atoms with van der Waals surface area (Å²) in [5, 5.41) is 0.827. The summed E-state index contributed by atoms with van der Waals surface area (Å²) in [7, 11) is 3.71. The van der Waals surface area contributed by atoms with Crippen molar-refractivity contribution in [3.8, 4) is 5.75 Å². The van der Waals surface area contributed by atoms with Crippen LogP contribution in [0.25, 0.3) is 11.0 Å². The summed E-state index contributed by atoms with van der Waals surface area (Å²) in [6, 6.07) is 5.77. The number of fused-ring (bicyclic) bond motifs is 1. The summed E-state index contributed by atoms with van der Waals surface area (Å²) in [6.07, 6.45) is 0. The molecule has 3 rings (SSSR count). The molecule has 1 unspecified atom stereocenters. The molecule has 22 heavy (non-hydrogen) atoms. The monoisotopic (exact) mass is 302 g/mol. The van der Waals surface area contributed by atoms with Gasteiger partial charge < -0.3 is 19.0 Å². The number of aryl methyl sites for hydroxylation is 1. The van der Waals surface area contributed by atoms with Gasteiger partial charge in [0.1, 0.15) is 17.1 Å². The maximum atomic E-state index is 13.0. The zero-order valence-electron chi connectivity index (χ0n) is 13.5. The molecule has 1 aromatic carbocycles. The van der Waals surface area contributed by atoms with Crippen molar-refractivity contribution < 1.29 is 13.9 Å². The van der Waals surface area contributed by atoms with Crippen LogP contribution in [0.3, 0.4) is 0 Å². The fourth-order valence-electron chi connectivity index (χ4n) is 3.18. The van der Waals surface area contributed by atoms with E-state index in [1.807, 2.05) is 30.0 Å². The molecule has 0 radical (unpaired) electrons. The third-order valence-corrected chi connectivity index (χ3v) is 4.38. The van der Waals surface area contributed by atoms with Gasteiger partial charge in [0.2, 0.25) is 0 Å². The molecule has 2 heterocycles. The van der Waals surface area contributed by atoms with Crippen LogP contribution < -0.4 is 4.74 Å². The van der Waals surface area contributed by atoms with E-state index < -0.39 is 0 Å². The van der Waals surface area contributed by atoms with E-state index in [9.17, 15) is 4.79 Å². The second kappa shape index (κ2) is 5.65. The Balaban J connectivity index is 2.01. The predicted molar refractivity (Wildman–Crippen MR) is 85.5 cm³/mol. The minimum absolute atomic E-state index is 0.0464. The number of methoxy groups -OCH3 is 1. The van der Waals surface area contributed by atoms with E-state index in [1.54, 1.807) is 7.11 Å². The number of hydrogen-bond acceptors (Lipinski definition) is 4. The van der Waals surface area contributed by atoms with Gasteiger partial charge in [-0.25, -0.2) is 0 Å². The molecule has 2 aromatic rings. The van der Waals surface area contributed by atoms with E-state index >= 15 is 0 Å². The molecule has 1 fully saturated rings. The van der Waals surface area contributed by atoms with E-state index in [4.69, 9.17) is 9.15 Å². The van der Waals surface area contributed by atoms with Crippen LogP contribution in [0.15, 0.2) is 22.6 Å². The number of benzene rings is 1. The maximum Gasteiger partial charge on any atom is 0.258 e. The number of carbonyl (C=O) groups is 1. The van der Waals surface area contributed by atoms with Gasteiger partial charge >= 0.3 is 0 Å². The molecular weight excluding hydrogens is 280 g/mol. The van der Waals surface area contributed by atoms with Gasteiger partial charge in [0.25, 0.3) is 5.91 Å². The van der Waals surface area contributed by atoms with Crippen molar-refractivity contribution >= 4 is 16.9 Å². The van der Waals surface area contributed by atoms with Gasteiger partial charge in [-0.05, 0) is 39.1 Å². The minimum atomic E-state index is 0.0464. The van der Waals surface area contributed by atoms with Gasteiger partial charge in [0, 0.05) is 31.1 Å². The fraction of sp³-hybridized carbons (Fsp3) is 0.471. The van der Waals surface area contributed by atoms with Crippen LogP contribution in [-0.4, -0.2) is 55.5 Å². The number of likely N-dealkylation sites (N-methyl/N-ethyl adjacent to an activating group) is 1. The highest BCUT2D eigenvalue weighted by Gasteiger charge is 2.30. The van der Waals surface area contributed by atoms with E-state index in [1.165, 1.54) is 0 Å². The molecule has 0 bridgehead atoms. The van der Waals surface area contributed by atoms with Crippen molar-refractivity contribution in [1.29, 1.82) is 0 Å². The number of rotatable bonds is 2. The highest BCUT2D eigenvalue weighted by atomic mass is 16.5. The molecule has 1 amide bonds. The van der Waals surface area contributed by atoms with Crippen molar-refractivity contribution in [2.24, 2.45) is 0 Å². The molecule has 5 nitrogen and oxygen atoms in total. The molecular formula is C17H22N2O3. The lowest BCUT2D eigenvalue weighted by atomic mass is 10.1. The van der Waals surface area contributed by atoms with Crippen LogP contribution in [0.4, 0.5) is 0 Å². The Kier molecular flexibility index (Phi) is 3.83. The lowest BCUT2D eigenvalue weighted by Crippen LogP contribution is -2.52. The fourth-order valence-corrected chi connectivity index (χ4v) is 3.18. The van der Waals surface area contributed by atoms with Crippen molar-refractivity contribution in [2.75, 3.05) is 33.8 Å². The Hall–Kier alpha value is -2.01. The largest absolute Gasteiger partial charge is 0.497 e. The predicted octanol–water partition coefficient (Wildman–Crippen LogP) is 2.53. The van der Waals surface area contributed by atoms with E-state index in [-0.39, 0.29) is 11.9 Å². The Morgan fingerprint density at radius 2 is 2.14 bits per heavy atom. The summed E-state index contributed by atoms with van der Waals surface area (Å²) in [6.45, 7) is 6.47. The first-order valence-corrected chi connectivity index (χ1v) is 7.58. The van der Waals surface area contributed by atoms with Gasteiger partial charge in [0.05, 0.1) is 12.7 Å². The lowest BCUT2D eigenvalue weighted by Gasteiger charge is -2.38. The molecule has 0 spiro atoms. The van der Waals surface area contributed by atoms with Crippen molar-refractivity contribution in [1.82, 2.24) is 9.80 Å². The van der Waals surface area contributed by atoms with Crippen LogP contribution in [0.1, 0.15) is 23.0 Å². The van der Waals surface area contributed by atoms with Gasteiger partial charge in [-0.15, -0.1) is 0 Å². The lowest BCUT2D eigenvalue weighted by molar-refractivity contribution is 0.0533. The number of furan rings is 1. The van der Waals surface area contributed by atoms with Gasteiger partial charge in [0.15, 0.2) is 0 Å². The second-order valence-corrected chi connectivity index (χ2v) is 6.01. The number of nitrogens with zero attached hydrogens (tertiary/aromatic N) is 2. The maximum absolute atomic E-state index is 13.0. The van der Waals surface area contributed by atoms with Crippen molar-refractivity contribution in [3.05, 3.63) is 29.5 Å². The number of hydrogen-bond donors (Lipinski definition) is 0. The Morgan fingerprint density at radius 1 is 1.36 bits per heavy atom. The van der Waals surface area contributed by atoms with Crippen molar-refractivity contribution in [3.63, 3.8) is 0 Å². The third kappa shape index (κ3) is 2.46. The molecule has 0 saturated carbocycles. The summed E-state index contributed by atoms with van der Waals surface area (Å²) in [4.78, 5) is 17.2. The normalized spacial score (nSPS) is 19.6. The van der Waals surface area contributed by atoms with Crippen LogP contribution in [0.5, 0.6) is 5.75 Å². The molecule has 1 aliphatic rings. The van der Waals surface area contributed by atoms with Crippen LogP contribution in [-0.2, 0) is 0 Å². The minimum Gasteiger partial charge on any atom is -0.497 e. The summed E-state index contributed by atoms with van der Waals surface area (Å²) < 4.78 is 11.0. The molecule has 1 aliphatic heterocycles. The van der Waals surface area contributed by atoms with Crippen LogP contribution in [0, 0.1) is 6.92 Å². The topological polar surface area (TPSA) is 45.9 Å². The first-order chi connectivity index (χ1) is 10.5. The summed E-state index contributed by atoms with van der Waals surface area (Å²) >= 11 is 0. The smallest absolute Gasteiger partial charge is 0.258 e. The number of piperazine rings is 1. The van der Waals surface area contributed by atoms with Gasteiger partial charge in [-0.3, -0.25) is 4.79 Å². The zero-order valence-corrected chi connectivity index (χ0v) is 13.5. The molecule has 1 saturated heterocycles. The average Bonchev–Trinajstić information content (AvgIpc) is 2.81. The highest BCUT2D eigenvalue weighted by molar-refractivity contribution is 6.07. The zero-order chi connectivity index (χ0) is 15.9. The Labute approximate surface area is 130 Å². The number of carbonyl (C=O) groups excluding carboxylic acids is 1. The summed E-state index contributed by atoms with van der Waals surface area (Å²) in [5.41, 5.74) is 1.38. The third-order valence-electron chi connectivity index (χ3n) is 4.38. The van der Waals surface area contributed by atoms with E-state index in [0.29, 0.717) is 11.3 Å². The van der Waals surface area contributed by atoms with Crippen LogP contribution in [0.2, 0.25) is 0 Å². The first-order valence-electron chi connectivity index (χ1n) is 7.58. The molecule has 1 aromatic heterocycles. The molecule has 0 N–H and O–H groups in total. The summed E-state index contributed by atoms with van der Waals surface area (Å²) in [5.74, 6) is 1.44. The Morgan fingerprint density at radius 3 is 2.82 bits per heavy atom. The van der Waals surface area contributed by atoms with Crippen molar-refractivity contribution in [2.45, 2.75) is 19.9 Å². The SMILES string of the molecule is COc1ccc2oc(C)c(C(=O)N3CCN(C)CC3C)c2c1. The molecule has 5 heteroatoms. The Bertz CT molecular complexity index is 707. The standard InChI is InChI=1S/C17H22N2O3/c1-11-10-18(3)7-8-19(11)17(20)16-12(2)22-15-6-5-13(21-4)9-14(15)16/h5-6,9,11H,7-8,10H2,1-4H3. The first kappa shape index (κ1) is 14.9. The second-order valence-electron chi connectivity index (χ2n) is 6.01.